The molecule has 2 heterocycles. The van der Waals surface area contributed by atoms with Gasteiger partial charge in [0.05, 0.1) is 13.2 Å². The van der Waals surface area contributed by atoms with Crippen molar-refractivity contribution >= 4 is 0 Å². The van der Waals surface area contributed by atoms with Crippen molar-refractivity contribution < 1.29 is 13.9 Å². The summed E-state index contributed by atoms with van der Waals surface area (Å²) in [7, 11) is 0. The fraction of sp³-hybridized carbons (Fsp3) is 0.571. The predicted octanol–water partition coefficient (Wildman–Crippen LogP) is 2.38. The van der Waals surface area contributed by atoms with E-state index in [2.05, 4.69) is 5.32 Å². The minimum absolute atomic E-state index is 0.0296. The van der Waals surface area contributed by atoms with E-state index in [0.717, 1.165) is 32.6 Å². The van der Waals surface area contributed by atoms with Crippen LogP contribution in [0.15, 0.2) is 24.3 Å². The Morgan fingerprint density at radius 2 is 2.00 bits per heavy atom. The molecule has 1 atom stereocenters. The lowest BCUT2D eigenvalue weighted by molar-refractivity contribution is -0.281. The topological polar surface area (TPSA) is 30.5 Å². The molecule has 1 unspecified atom stereocenters. The highest BCUT2D eigenvalue weighted by atomic mass is 19.1. The van der Waals surface area contributed by atoms with Crippen LogP contribution < -0.4 is 5.32 Å². The number of piperidine rings is 1. The Labute approximate surface area is 106 Å². The van der Waals surface area contributed by atoms with E-state index >= 15 is 0 Å². The highest BCUT2D eigenvalue weighted by Crippen LogP contribution is 2.36. The molecule has 2 saturated heterocycles. The summed E-state index contributed by atoms with van der Waals surface area (Å²) in [5.41, 5.74) is 0.703. The molecule has 0 saturated carbocycles. The van der Waals surface area contributed by atoms with Crippen molar-refractivity contribution in [2.24, 2.45) is 0 Å². The molecule has 4 heteroatoms. The Morgan fingerprint density at radius 1 is 1.22 bits per heavy atom. The quantitative estimate of drug-likeness (QED) is 0.831. The Kier molecular flexibility index (Phi) is 3.33. The Bertz CT molecular complexity index is 413. The zero-order valence-electron chi connectivity index (χ0n) is 10.3. The first-order valence-corrected chi connectivity index (χ1v) is 6.55. The van der Waals surface area contributed by atoms with Gasteiger partial charge < -0.3 is 14.8 Å². The molecule has 18 heavy (non-hydrogen) atoms. The molecule has 2 aliphatic rings. The van der Waals surface area contributed by atoms with Gasteiger partial charge in [0, 0.05) is 31.0 Å². The number of hydrogen-bond donors (Lipinski definition) is 1. The lowest BCUT2D eigenvalue weighted by Crippen LogP contribution is -2.50. The smallest absolute Gasteiger partial charge is 0.171 e. The summed E-state index contributed by atoms with van der Waals surface area (Å²) in [5.74, 6) is -0.668. The van der Waals surface area contributed by atoms with Crippen LogP contribution in [0.3, 0.4) is 0 Å². The summed E-state index contributed by atoms with van der Waals surface area (Å²) in [6.45, 7) is 2.27. The summed E-state index contributed by atoms with van der Waals surface area (Å²) >= 11 is 0. The van der Waals surface area contributed by atoms with Crippen molar-refractivity contribution in [1.82, 2.24) is 5.32 Å². The van der Waals surface area contributed by atoms with Crippen molar-refractivity contribution in [2.45, 2.75) is 31.1 Å². The van der Waals surface area contributed by atoms with Crippen molar-refractivity contribution in [2.75, 3.05) is 19.8 Å². The second-order valence-electron chi connectivity index (χ2n) is 4.94. The molecule has 98 valence electrons. The van der Waals surface area contributed by atoms with Gasteiger partial charge in [-0.25, -0.2) is 4.39 Å². The van der Waals surface area contributed by atoms with Gasteiger partial charge in [0.25, 0.3) is 0 Å². The highest BCUT2D eigenvalue weighted by Gasteiger charge is 2.40. The van der Waals surface area contributed by atoms with Crippen LogP contribution in [0.5, 0.6) is 0 Å². The van der Waals surface area contributed by atoms with Gasteiger partial charge in [0.15, 0.2) is 5.79 Å². The third kappa shape index (κ3) is 2.28. The fourth-order valence-electron chi connectivity index (χ4n) is 2.78. The Balaban J connectivity index is 1.80. The van der Waals surface area contributed by atoms with Gasteiger partial charge in [-0.15, -0.1) is 0 Å². The molecular formula is C14H18FNO2. The molecule has 1 aromatic carbocycles. The molecule has 2 aliphatic heterocycles. The molecule has 0 aromatic heterocycles. The Morgan fingerprint density at radius 3 is 2.78 bits per heavy atom. The molecular weight excluding hydrogens is 233 g/mol. The van der Waals surface area contributed by atoms with Gasteiger partial charge in [0.1, 0.15) is 5.82 Å². The highest BCUT2D eigenvalue weighted by molar-refractivity contribution is 5.22. The van der Waals surface area contributed by atoms with E-state index in [0.29, 0.717) is 12.0 Å². The summed E-state index contributed by atoms with van der Waals surface area (Å²) in [4.78, 5) is 0. The van der Waals surface area contributed by atoms with Crippen molar-refractivity contribution in [1.29, 1.82) is 0 Å². The third-order valence-electron chi connectivity index (χ3n) is 3.71. The van der Waals surface area contributed by atoms with Crippen LogP contribution in [0, 0.1) is 5.82 Å². The van der Waals surface area contributed by atoms with Crippen LogP contribution in [0.4, 0.5) is 4.39 Å². The monoisotopic (exact) mass is 251 g/mol. The van der Waals surface area contributed by atoms with E-state index in [1.54, 1.807) is 6.07 Å². The summed E-state index contributed by atoms with van der Waals surface area (Å²) < 4.78 is 25.4. The molecule has 3 rings (SSSR count). The van der Waals surface area contributed by atoms with Crippen molar-refractivity contribution in [3.8, 4) is 0 Å². The maximum Gasteiger partial charge on any atom is 0.171 e. The van der Waals surface area contributed by atoms with Gasteiger partial charge in [-0.3, -0.25) is 0 Å². The van der Waals surface area contributed by atoms with E-state index in [1.165, 1.54) is 6.07 Å². The predicted molar refractivity (Wildman–Crippen MR) is 65.6 cm³/mol. The van der Waals surface area contributed by atoms with Crippen LogP contribution in [0.2, 0.25) is 0 Å². The average molecular weight is 251 g/mol. The molecule has 2 fully saturated rings. The van der Waals surface area contributed by atoms with Crippen LogP contribution >= 0.6 is 0 Å². The lowest BCUT2D eigenvalue weighted by atomic mass is 9.92. The average Bonchev–Trinajstić information content (AvgIpc) is 2.40. The zero-order chi connectivity index (χ0) is 12.4. The zero-order valence-corrected chi connectivity index (χ0v) is 10.3. The molecule has 0 radical (unpaired) electrons. The first kappa shape index (κ1) is 12.1. The molecule has 1 aromatic rings. The third-order valence-corrected chi connectivity index (χ3v) is 3.71. The largest absolute Gasteiger partial charge is 0.350 e. The fourth-order valence-corrected chi connectivity index (χ4v) is 2.78. The molecule has 0 amide bonds. The number of hydrogen-bond acceptors (Lipinski definition) is 3. The number of nitrogens with one attached hydrogen (secondary N) is 1. The van der Waals surface area contributed by atoms with E-state index in [4.69, 9.17) is 9.47 Å². The molecule has 0 aliphatic carbocycles. The summed E-state index contributed by atoms with van der Waals surface area (Å²) in [6, 6.07) is 6.88. The second kappa shape index (κ2) is 4.96. The molecule has 0 bridgehead atoms. The second-order valence-corrected chi connectivity index (χ2v) is 4.94. The van der Waals surface area contributed by atoms with Crippen molar-refractivity contribution in [3.63, 3.8) is 0 Å². The van der Waals surface area contributed by atoms with E-state index < -0.39 is 5.79 Å². The number of rotatable bonds is 1. The van der Waals surface area contributed by atoms with Crippen LogP contribution in [0.25, 0.3) is 0 Å². The maximum absolute atomic E-state index is 13.8. The van der Waals surface area contributed by atoms with Crippen molar-refractivity contribution in [3.05, 3.63) is 35.6 Å². The normalized spacial score (nSPS) is 27.3. The van der Waals surface area contributed by atoms with E-state index in [1.807, 2.05) is 12.1 Å². The van der Waals surface area contributed by atoms with Crippen LogP contribution in [-0.4, -0.2) is 25.5 Å². The summed E-state index contributed by atoms with van der Waals surface area (Å²) in [6.07, 6.45) is 2.45. The Hall–Kier alpha value is -0.970. The van der Waals surface area contributed by atoms with Crippen LogP contribution in [-0.2, 0) is 9.47 Å². The van der Waals surface area contributed by atoms with Gasteiger partial charge in [-0.1, -0.05) is 18.2 Å². The standard InChI is InChI=1S/C14H18FNO2/c15-12-5-2-1-4-11(12)13-10-14(6-7-16-13)17-8-3-9-18-14/h1-2,4-5,13,16H,3,6-10H2. The van der Waals surface area contributed by atoms with E-state index in [9.17, 15) is 4.39 Å². The minimum Gasteiger partial charge on any atom is -0.350 e. The number of benzene rings is 1. The van der Waals surface area contributed by atoms with E-state index in [-0.39, 0.29) is 11.9 Å². The van der Waals surface area contributed by atoms with Gasteiger partial charge in [-0.2, -0.15) is 0 Å². The van der Waals surface area contributed by atoms with Crippen LogP contribution in [0.1, 0.15) is 30.9 Å². The summed E-state index contributed by atoms with van der Waals surface area (Å²) in [5, 5.41) is 3.35. The first-order chi connectivity index (χ1) is 8.79. The SMILES string of the molecule is Fc1ccccc1C1CC2(CCN1)OCCCO2. The minimum atomic E-state index is -0.504. The first-order valence-electron chi connectivity index (χ1n) is 6.55. The van der Waals surface area contributed by atoms with Gasteiger partial charge in [0.2, 0.25) is 0 Å². The van der Waals surface area contributed by atoms with Gasteiger partial charge >= 0.3 is 0 Å². The van der Waals surface area contributed by atoms with Gasteiger partial charge in [-0.05, 0) is 12.5 Å². The number of halogens is 1. The maximum atomic E-state index is 13.8. The lowest BCUT2D eigenvalue weighted by Gasteiger charge is -2.43. The molecule has 3 nitrogen and oxygen atoms in total. The molecule has 1 N–H and O–H groups in total. The number of ether oxygens (including phenoxy) is 2. The molecule has 1 spiro atoms.